The fourth-order valence-electron chi connectivity index (χ4n) is 7.10. The van der Waals surface area contributed by atoms with E-state index in [1.54, 1.807) is 12.1 Å². The molecule has 0 radical (unpaired) electrons. The quantitative estimate of drug-likeness (QED) is 0.213. The van der Waals surface area contributed by atoms with Crippen molar-refractivity contribution in [2.45, 2.75) is 66.4 Å². The fourth-order valence-corrected chi connectivity index (χ4v) is 22.1. The third-order valence-corrected chi connectivity index (χ3v) is 24.4. The van der Waals surface area contributed by atoms with Crippen molar-refractivity contribution in [3.05, 3.63) is 103 Å². The van der Waals surface area contributed by atoms with Crippen molar-refractivity contribution >= 4 is 35.6 Å². The van der Waals surface area contributed by atoms with Crippen LogP contribution in [0.4, 0.5) is 0 Å². The summed E-state index contributed by atoms with van der Waals surface area (Å²) in [6, 6.07) is 18.7. The molecule has 0 bridgehead atoms. The predicted octanol–water partition coefficient (Wildman–Crippen LogP) is 8.96. The van der Waals surface area contributed by atoms with Crippen LogP contribution in [0.5, 0.6) is 0 Å². The maximum atomic E-state index is 5.48. The summed E-state index contributed by atoms with van der Waals surface area (Å²) in [5.74, 6) is 0.399. The van der Waals surface area contributed by atoms with E-state index in [2.05, 4.69) is 121 Å². The van der Waals surface area contributed by atoms with Crippen molar-refractivity contribution in [1.82, 2.24) is 0 Å². The summed E-state index contributed by atoms with van der Waals surface area (Å²) in [4.78, 5) is 0. The number of rotatable bonds is 3. The second kappa shape index (κ2) is 10.1. The van der Waals surface area contributed by atoms with Crippen molar-refractivity contribution in [2.75, 3.05) is 0 Å². The zero-order chi connectivity index (χ0) is 26.2. The number of hydrogen-bond acceptors (Lipinski definition) is 0. The van der Waals surface area contributed by atoms with Crippen molar-refractivity contribution in [2.24, 2.45) is 11.3 Å². The van der Waals surface area contributed by atoms with Gasteiger partial charge in [0.05, 0.1) is 0 Å². The monoisotopic (exact) mass is 624 g/mol. The minimum absolute atomic E-state index is 0. The summed E-state index contributed by atoms with van der Waals surface area (Å²) in [5, 5.41) is 0. The van der Waals surface area contributed by atoms with Gasteiger partial charge in [-0.2, -0.15) is 0 Å². The van der Waals surface area contributed by atoms with Gasteiger partial charge < -0.3 is 0 Å². The summed E-state index contributed by atoms with van der Waals surface area (Å²) in [7, 11) is 0. The molecular weight excluding hydrogens is 583 g/mol. The van der Waals surface area contributed by atoms with Crippen LogP contribution in [0.1, 0.15) is 61.1 Å². The summed E-state index contributed by atoms with van der Waals surface area (Å²) in [5.41, 5.74) is 13.1. The summed E-state index contributed by atoms with van der Waals surface area (Å²) in [6.07, 6.45) is 6.11. The molecule has 0 saturated carbocycles. The first-order chi connectivity index (χ1) is 16.7. The van der Waals surface area contributed by atoms with Gasteiger partial charge in [-0.15, -0.1) is 24.8 Å². The molecule has 202 valence electrons. The minimum atomic E-state index is -4.26. The summed E-state index contributed by atoms with van der Waals surface area (Å²) in [6.45, 7) is 18.6. The summed E-state index contributed by atoms with van der Waals surface area (Å²) < 4.78 is 12.8. The van der Waals surface area contributed by atoms with Crippen LogP contribution in [0, 0.1) is 39.0 Å². The second-order valence-corrected chi connectivity index (χ2v) is 27.1. The number of fused-ring (bicyclic) bond motifs is 3. The Morgan fingerprint density at radius 3 is 2.00 bits per heavy atom. The Bertz CT molecular complexity index is 1550. The molecule has 1 atom stereocenters. The Balaban J connectivity index is 0.00000200. The number of halogens is 2. The Kier molecular flexibility index (Phi) is 8.28. The summed E-state index contributed by atoms with van der Waals surface area (Å²) >= 11 is -4.26. The Morgan fingerprint density at radius 1 is 0.842 bits per heavy atom. The van der Waals surface area contributed by atoms with E-state index in [9.17, 15) is 0 Å². The first kappa shape index (κ1) is 31.0. The van der Waals surface area contributed by atoms with Gasteiger partial charge in [0.2, 0.25) is 0 Å². The first-order valence-corrected chi connectivity index (χ1v) is 21.4. The molecule has 0 N–H and O–H groups in total. The molecule has 3 heteroatoms. The molecule has 0 saturated heterocycles. The van der Waals surface area contributed by atoms with E-state index >= 15 is 0 Å². The molecule has 0 aliphatic heterocycles. The molecule has 2 aliphatic rings. The number of benzene rings is 3. The van der Waals surface area contributed by atoms with Gasteiger partial charge in [-0.25, -0.2) is 0 Å². The predicted molar refractivity (Wildman–Crippen MR) is 172 cm³/mol. The average Bonchev–Trinajstić information content (AvgIpc) is 3.36. The number of hydrogen-bond donors (Lipinski definition) is 0. The van der Waals surface area contributed by atoms with Gasteiger partial charge in [0, 0.05) is 0 Å². The molecule has 0 amide bonds. The Morgan fingerprint density at radius 2 is 1.42 bits per heavy atom. The number of allylic oxidation sites excluding steroid dienone is 4. The zero-order valence-electron chi connectivity index (χ0n) is 24.6. The normalized spacial score (nSPS) is 16.6. The van der Waals surface area contributed by atoms with E-state index in [-0.39, 0.29) is 30.2 Å². The zero-order valence-corrected chi connectivity index (χ0v) is 28.7. The Hall–Kier alpha value is -1.53. The third kappa shape index (κ3) is 4.52. The van der Waals surface area contributed by atoms with E-state index in [1.807, 2.05) is 0 Å². The van der Waals surface area contributed by atoms with E-state index in [4.69, 9.17) is 4.21 Å². The maximum absolute atomic E-state index is 5.48. The van der Waals surface area contributed by atoms with Crippen LogP contribution < -0.4 is 6.54 Å². The molecule has 1 unspecified atom stereocenters. The van der Waals surface area contributed by atoms with Crippen LogP contribution in [0.25, 0.3) is 11.1 Å². The molecule has 0 aromatic heterocycles. The molecule has 38 heavy (non-hydrogen) atoms. The van der Waals surface area contributed by atoms with Crippen LogP contribution in [0.3, 0.4) is 0 Å². The first-order valence-electron chi connectivity index (χ1n) is 13.5. The molecule has 3 aromatic carbocycles. The SMILES string of the molecule is Cl.Cl.[CH2]=[Zr]([CH3])([C]1=CC(C(C)(C)C)=CC1C)([c]1ccccc1)[c]1c(C)c(C)cc2c1Cc1cc(C)c(C)cc1-2. The van der Waals surface area contributed by atoms with Crippen LogP contribution in [0.2, 0.25) is 4.63 Å². The second-order valence-electron chi connectivity index (χ2n) is 13.1. The van der Waals surface area contributed by atoms with Gasteiger partial charge >= 0.3 is 221 Å². The molecule has 3 aromatic rings. The molecule has 2 aliphatic carbocycles. The van der Waals surface area contributed by atoms with E-state index in [1.165, 1.54) is 47.8 Å². The Labute approximate surface area is 244 Å². The standard InChI is InChI=1S/C17H17.C10H15.C6H5.CH3.CH2.2ClH.Zr/c1-10-5-14-9-15-6-11(2)13(4)8-17(15)16(14)7-12(10)3;1-8-5-6-9(7-8)10(2,3)4;1-2-4-6-5-3-1;;;;;/h5,7-8H,9H2,1-4H3;6-8H,1-4H3;1-5H;1H3;1H2;2*1H;. The van der Waals surface area contributed by atoms with Crippen LogP contribution in [-0.4, -0.2) is 4.21 Å². The molecule has 0 heterocycles. The molecule has 5 rings (SSSR count). The van der Waals surface area contributed by atoms with Crippen molar-refractivity contribution < 1.29 is 18.3 Å². The fraction of sp³-hybridized carbons (Fsp3) is 0.343. The van der Waals surface area contributed by atoms with Crippen molar-refractivity contribution in [3.63, 3.8) is 0 Å². The van der Waals surface area contributed by atoms with Gasteiger partial charge in [0.1, 0.15) is 0 Å². The van der Waals surface area contributed by atoms with Gasteiger partial charge in [-0.05, 0) is 0 Å². The third-order valence-electron chi connectivity index (χ3n) is 9.44. The van der Waals surface area contributed by atoms with Crippen LogP contribution in [0.15, 0.2) is 69.5 Å². The van der Waals surface area contributed by atoms with Crippen LogP contribution in [-0.2, 0) is 24.7 Å². The van der Waals surface area contributed by atoms with Crippen molar-refractivity contribution in [3.8, 4) is 11.1 Å². The van der Waals surface area contributed by atoms with E-state index in [0.717, 1.165) is 6.42 Å². The van der Waals surface area contributed by atoms with Gasteiger partial charge in [-0.3, -0.25) is 0 Å². The average molecular weight is 627 g/mol. The number of aryl methyl sites for hydroxylation is 3. The van der Waals surface area contributed by atoms with Gasteiger partial charge in [-0.1, -0.05) is 0 Å². The molecule has 0 spiro atoms. The van der Waals surface area contributed by atoms with Gasteiger partial charge in [0.25, 0.3) is 0 Å². The van der Waals surface area contributed by atoms with Gasteiger partial charge in [0.15, 0.2) is 0 Å². The molecule has 0 nitrogen and oxygen atoms in total. The molecule has 0 fully saturated rings. The van der Waals surface area contributed by atoms with E-state index in [0.29, 0.717) is 5.92 Å². The van der Waals surface area contributed by atoms with Crippen molar-refractivity contribution in [1.29, 1.82) is 0 Å². The van der Waals surface area contributed by atoms with Crippen LogP contribution >= 0.6 is 24.8 Å². The topological polar surface area (TPSA) is 0 Å². The molecular formula is C35H44Cl2Zr. The van der Waals surface area contributed by atoms with E-state index < -0.39 is 18.3 Å².